The summed E-state index contributed by atoms with van der Waals surface area (Å²) < 4.78 is 11.2. The van der Waals surface area contributed by atoms with Gasteiger partial charge in [-0.25, -0.2) is 0 Å². The van der Waals surface area contributed by atoms with Gasteiger partial charge in [-0.2, -0.15) is 0 Å². The van der Waals surface area contributed by atoms with Gasteiger partial charge in [-0.05, 0) is 64.6 Å². The maximum atomic E-state index is 5.68. The summed E-state index contributed by atoms with van der Waals surface area (Å²) in [5.74, 6) is 0.903. The number of guanidine groups is 1. The van der Waals surface area contributed by atoms with Crippen molar-refractivity contribution in [2.75, 3.05) is 59.6 Å². The third kappa shape index (κ3) is 12.1. The van der Waals surface area contributed by atoms with Crippen molar-refractivity contribution in [1.29, 1.82) is 0 Å². The van der Waals surface area contributed by atoms with Gasteiger partial charge in [-0.15, -0.1) is 24.0 Å². The number of hydrogen-bond donors (Lipinski definition) is 2. The van der Waals surface area contributed by atoms with Crippen LogP contribution in [-0.4, -0.2) is 76.6 Å². The van der Waals surface area contributed by atoms with Crippen LogP contribution in [0.3, 0.4) is 0 Å². The molecule has 0 amide bonds. The number of ether oxygens (including phenoxy) is 2. The summed E-state index contributed by atoms with van der Waals surface area (Å²) in [6.07, 6.45) is 11.7. The van der Waals surface area contributed by atoms with E-state index < -0.39 is 0 Å². The van der Waals surface area contributed by atoms with Crippen LogP contribution in [0, 0.1) is 0 Å². The third-order valence-electron chi connectivity index (χ3n) is 5.20. The molecule has 0 spiro atoms. The predicted molar refractivity (Wildman–Crippen MR) is 123 cm³/mol. The molecule has 160 valence electrons. The molecule has 2 rings (SSSR count). The Kier molecular flexibility index (Phi) is 15.5. The molecule has 0 aromatic heterocycles. The Balaban J connectivity index is 0.00000364. The van der Waals surface area contributed by atoms with Crippen molar-refractivity contribution in [2.45, 2.75) is 63.9 Å². The summed E-state index contributed by atoms with van der Waals surface area (Å²) in [4.78, 5) is 6.91. The maximum absolute atomic E-state index is 5.68. The number of rotatable bonds is 12. The highest BCUT2D eigenvalue weighted by molar-refractivity contribution is 14.0. The summed E-state index contributed by atoms with van der Waals surface area (Å²) in [6.45, 7) is 8.20. The lowest BCUT2D eigenvalue weighted by molar-refractivity contribution is 0.0168. The van der Waals surface area contributed by atoms with E-state index in [4.69, 9.17) is 9.47 Å². The number of nitrogens with zero attached hydrogens (tertiary/aromatic N) is 2. The highest BCUT2D eigenvalue weighted by atomic mass is 127. The van der Waals surface area contributed by atoms with Gasteiger partial charge in [0.05, 0.1) is 12.7 Å². The fraction of sp³-hybridized carbons (Fsp3) is 0.950. The van der Waals surface area contributed by atoms with Gasteiger partial charge in [0.15, 0.2) is 5.96 Å². The minimum absolute atomic E-state index is 0. The molecule has 1 atom stereocenters. The van der Waals surface area contributed by atoms with Crippen molar-refractivity contribution < 1.29 is 9.47 Å². The molecular weight excluding hydrogens is 455 g/mol. The number of hydrogen-bond acceptors (Lipinski definition) is 4. The van der Waals surface area contributed by atoms with E-state index in [0.29, 0.717) is 6.10 Å². The molecule has 0 aromatic rings. The first-order valence-corrected chi connectivity index (χ1v) is 10.7. The van der Waals surface area contributed by atoms with E-state index in [0.717, 1.165) is 51.7 Å². The van der Waals surface area contributed by atoms with E-state index in [1.807, 2.05) is 7.05 Å². The van der Waals surface area contributed by atoms with Crippen LogP contribution in [0.15, 0.2) is 4.99 Å². The number of aliphatic imine (C=N–C) groups is 1. The molecule has 0 radical (unpaired) electrons. The van der Waals surface area contributed by atoms with E-state index in [1.165, 1.54) is 64.6 Å². The van der Waals surface area contributed by atoms with Crippen molar-refractivity contribution in [2.24, 2.45) is 4.99 Å². The van der Waals surface area contributed by atoms with Crippen molar-refractivity contribution in [1.82, 2.24) is 15.5 Å². The lowest BCUT2D eigenvalue weighted by Crippen LogP contribution is -2.38. The average Bonchev–Trinajstić information content (AvgIpc) is 3.19. The number of unbranched alkanes of at least 4 members (excludes halogenated alkanes) is 2. The maximum Gasteiger partial charge on any atom is 0.190 e. The van der Waals surface area contributed by atoms with Crippen LogP contribution in [0.25, 0.3) is 0 Å². The van der Waals surface area contributed by atoms with Gasteiger partial charge in [0.2, 0.25) is 0 Å². The van der Waals surface area contributed by atoms with Gasteiger partial charge in [0, 0.05) is 33.4 Å². The van der Waals surface area contributed by atoms with Gasteiger partial charge in [0.1, 0.15) is 0 Å². The zero-order valence-electron chi connectivity index (χ0n) is 17.2. The number of nitrogens with one attached hydrogen (secondary N) is 2. The van der Waals surface area contributed by atoms with Gasteiger partial charge < -0.3 is 25.0 Å². The molecule has 27 heavy (non-hydrogen) atoms. The zero-order chi connectivity index (χ0) is 18.3. The van der Waals surface area contributed by atoms with Crippen LogP contribution < -0.4 is 10.6 Å². The van der Waals surface area contributed by atoms with E-state index in [1.54, 1.807) is 0 Å². The zero-order valence-corrected chi connectivity index (χ0v) is 19.5. The second kappa shape index (κ2) is 16.8. The molecule has 2 heterocycles. The predicted octanol–water partition coefficient (Wildman–Crippen LogP) is 3.01. The van der Waals surface area contributed by atoms with Gasteiger partial charge in [0.25, 0.3) is 0 Å². The Morgan fingerprint density at radius 1 is 1.04 bits per heavy atom. The van der Waals surface area contributed by atoms with Crippen molar-refractivity contribution >= 4 is 29.9 Å². The Labute approximate surface area is 183 Å². The van der Waals surface area contributed by atoms with E-state index in [-0.39, 0.29) is 24.0 Å². The summed E-state index contributed by atoms with van der Waals surface area (Å²) in [5.41, 5.74) is 0. The molecule has 2 saturated heterocycles. The number of likely N-dealkylation sites (tertiary alicyclic amines) is 1. The normalized spacial score (nSPS) is 21.1. The van der Waals surface area contributed by atoms with Crippen molar-refractivity contribution in [3.8, 4) is 0 Å². The van der Waals surface area contributed by atoms with Crippen LogP contribution >= 0.6 is 24.0 Å². The fourth-order valence-corrected chi connectivity index (χ4v) is 3.62. The van der Waals surface area contributed by atoms with Crippen molar-refractivity contribution in [3.63, 3.8) is 0 Å². The van der Waals surface area contributed by atoms with Gasteiger partial charge in [-0.3, -0.25) is 4.99 Å². The standard InChI is InChI=1S/C20H40N4O2.HI/c1-21-20(23-12-9-16-25-18-19-10-8-17-26-19)22-11-4-2-5-13-24-14-6-3-7-15-24;/h19H,2-18H2,1H3,(H2,21,22,23);1H. The second-order valence-corrected chi connectivity index (χ2v) is 7.45. The molecule has 1 unspecified atom stereocenters. The molecule has 2 fully saturated rings. The first kappa shape index (κ1) is 24.9. The largest absolute Gasteiger partial charge is 0.379 e. The summed E-state index contributed by atoms with van der Waals surface area (Å²) in [6, 6.07) is 0. The SMILES string of the molecule is CN=C(NCCCCCN1CCCCC1)NCCCOCC1CCCO1.I. The van der Waals surface area contributed by atoms with Crippen LogP contribution in [0.4, 0.5) is 0 Å². The van der Waals surface area contributed by atoms with E-state index in [9.17, 15) is 0 Å². The van der Waals surface area contributed by atoms with Crippen molar-refractivity contribution in [3.05, 3.63) is 0 Å². The topological polar surface area (TPSA) is 58.1 Å². The Morgan fingerprint density at radius 2 is 1.81 bits per heavy atom. The van der Waals surface area contributed by atoms with Crippen LogP contribution in [0.1, 0.15) is 57.8 Å². The molecule has 0 aliphatic carbocycles. The van der Waals surface area contributed by atoms with Crippen LogP contribution in [0.5, 0.6) is 0 Å². The van der Waals surface area contributed by atoms with E-state index >= 15 is 0 Å². The third-order valence-corrected chi connectivity index (χ3v) is 5.20. The average molecular weight is 496 g/mol. The fourth-order valence-electron chi connectivity index (χ4n) is 3.62. The smallest absolute Gasteiger partial charge is 0.190 e. The second-order valence-electron chi connectivity index (χ2n) is 7.45. The monoisotopic (exact) mass is 496 g/mol. The first-order chi connectivity index (χ1) is 12.9. The summed E-state index contributed by atoms with van der Waals surface area (Å²) in [7, 11) is 1.83. The molecule has 0 aromatic carbocycles. The Hall–Kier alpha value is -0.120. The number of piperidine rings is 1. The van der Waals surface area contributed by atoms with Gasteiger partial charge in [-0.1, -0.05) is 12.8 Å². The Bertz CT molecular complexity index is 373. The lowest BCUT2D eigenvalue weighted by Gasteiger charge is -2.26. The van der Waals surface area contributed by atoms with Crippen LogP contribution in [0.2, 0.25) is 0 Å². The molecule has 2 aliphatic rings. The molecule has 7 heteroatoms. The number of halogens is 1. The Morgan fingerprint density at radius 3 is 2.52 bits per heavy atom. The minimum Gasteiger partial charge on any atom is -0.379 e. The highest BCUT2D eigenvalue weighted by Gasteiger charge is 2.14. The molecule has 0 bridgehead atoms. The van der Waals surface area contributed by atoms with Crippen LogP contribution in [-0.2, 0) is 9.47 Å². The molecule has 6 nitrogen and oxygen atoms in total. The minimum atomic E-state index is 0. The van der Waals surface area contributed by atoms with Gasteiger partial charge >= 0.3 is 0 Å². The quantitative estimate of drug-likeness (QED) is 0.188. The molecule has 2 N–H and O–H groups in total. The highest BCUT2D eigenvalue weighted by Crippen LogP contribution is 2.12. The summed E-state index contributed by atoms with van der Waals surface area (Å²) in [5, 5.41) is 6.77. The molecule has 2 aliphatic heterocycles. The first-order valence-electron chi connectivity index (χ1n) is 10.7. The molecular formula is C20H41IN4O2. The lowest BCUT2D eigenvalue weighted by atomic mass is 10.1. The summed E-state index contributed by atoms with van der Waals surface area (Å²) >= 11 is 0. The van der Waals surface area contributed by atoms with E-state index in [2.05, 4.69) is 20.5 Å². The molecule has 0 saturated carbocycles.